The molecular formula is C15H29N2+. The number of hydrogen-bond acceptors (Lipinski definition) is 1. The number of nitrogens with zero attached hydrogens (tertiary/aromatic N) is 2. The maximum atomic E-state index is 2.51. The highest BCUT2D eigenvalue weighted by molar-refractivity contribution is 5.57. The van der Waals surface area contributed by atoms with Gasteiger partial charge in [0.2, 0.25) is 5.36 Å². The van der Waals surface area contributed by atoms with Crippen molar-refractivity contribution in [3.05, 3.63) is 11.4 Å². The predicted octanol–water partition coefficient (Wildman–Crippen LogP) is 2.77. The summed E-state index contributed by atoms with van der Waals surface area (Å²) in [5.74, 6) is 0. The second-order valence-corrected chi connectivity index (χ2v) is 6.10. The fraction of sp³-hybridized carbons (Fsp3) is 0.800. The lowest BCUT2D eigenvalue weighted by atomic mass is 10.2. The summed E-state index contributed by atoms with van der Waals surface area (Å²) in [6.45, 7) is 18.2. The van der Waals surface area contributed by atoms with E-state index in [2.05, 4.69) is 70.9 Å². The molecule has 0 aromatic heterocycles. The Hall–Kier alpha value is -0.790. The topological polar surface area (TPSA) is 6.25 Å². The predicted molar refractivity (Wildman–Crippen MR) is 77.1 cm³/mol. The minimum absolute atomic E-state index is 0.569. The molecule has 2 nitrogen and oxygen atoms in total. The smallest absolute Gasteiger partial charge is 0.226 e. The van der Waals surface area contributed by atoms with Gasteiger partial charge in [-0.2, -0.15) is 0 Å². The molecule has 0 aliphatic rings. The Morgan fingerprint density at radius 1 is 0.824 bits per heavy atom. The number of anilines is 1. The van der Waals surface area contributed by atoms with Crippen molar-refractivity contribution >= 4 is 5.69 Å². The van der Waals surface area contributed by atoms with Gasteiger partial charge in [0, 0.05) is 18.2 Å². The molecule has 0 spiro atoms. The largest absolute Gasteiger partial charge is 0.361 e. The summed E-state index contributed by atoms with van der Waals surface area (Å²) in [4.78, 5) is 2.51. The minimum atomic E-state index is 0.569. The van der Waals surface area contributed by atoms with Gasteiger partial charge in [0.05, 0.1) is 0 Å². The van der Waals surface area contributed by atoms with Gasteiger partial charge in [0.15, 0.2) is 0 Å². The molecule has 0 radical (unpaired) electrons. The molecular weight excluding hydrogens is 208 g/mol. The van der Waals surface area contributed by atoms with Crippen LogP contribution in [0.5, 0.6) is 0 Å². The van der Waals surface area contributed by atoms with Gasteiger partial charge in [-0.3, -0.25) is 0 Å². The van der Waals surface area contributed by atoms with E-state index < -0.39 is 0 Å². The van der Waals surface area contributed by atoms with E-state index in [1.165, 1.54) is 11.0 Å². The van der Waals surface area contributed by atoms with Crippen LogP contribution in [0.1, 0.15) is 55.4 Å². The maximum Gasteiger partial charge on any atom is 0.226 e. The van der Waals surface area contributed by atoms with Crippen LogP contribution in [-0.4, -0.2) is 24.2 Å². The van der Waals surface area contributed by atoms with Gasteiger partial charge in [0.1, 0.15) is 17.8 Å². The van der Waals surface area contributed by atoms with Crippen LogP contribution in [0, 0.1) is 0 Å². The molecule has 0 saturated carbocycles. The fourth-order valence-corrected chi connectivity index (χ4v) is 2.81. The highest BCUT2D eigenvalue weighted by atomic mass is 15.2. The molecule has 0 heterocycles. The second kappa shape index (κ2) is 5.24. The lowest BCUT2D eigenvalue weighted by Crippen LogP contribution is -2.41. The Labute approximate surface area is 107 Å². The molecule has 1 rings (SSSR count). The number of hydrogen-bond donors (Lipinski definition) is 0. The van der Waals surface area contributed by atoms with Crippen molar-refractivity contribution in [1.82, 2.24) is 4.58 Å². The van der Waals surface area contributed by atoms with E-state index in [1.807, 2.05) is 0 Å². The molecule has 0 amide bonds. The first-order chi connectivity index (χ1) is 7.77. The third-order valence-electron chi connectivity index (χ3n) is 3.23. The molecule has 1 aromatic rings. The van der Waals surface area contributed by atoms with Crippen molar-refractivity contribution in [2.24, 2.45) is 0 Å². The molecule has 98 valence electrons. The van der Waals surface area contributed by atoms with Crippen LogP contribution in [0.4, 0.5) is 5.69 Å². The van der Waals surface area contributed by atoms with Gasteiger partial charge in [-0.1, -0.05) is 0 Å². The lowest BCUT2D eigenvalue weighted by molar-refractivity contribution is 0.428. The molecule has 0 saturated heterocycles. The molecule has 0 aliphatic carbocycles. The zero-order valence-electron chi connectivity index (χ0n) is 12.8. The summed E-state index contributed by atoms with van der Waals surface area (Å²) >= 11 is 0. The third-order valence-corrected chi connectivity index (χ3v) is 3.23. The van der Waals surface area contributed by atoms with Crippen molar-refractivity contribution in [2.75, 3.05) is 4.90 Å². The Morgan fingerprint density at radius 3 is 1.53 bits per heavy atom. The van der Waals surface area contributed by atoms with E-state index in [4.69, 9.17) is 0 Å². The van der Waals surface area contributed by atoms with E-state index in [0.717, 1.165) is 0 Å². The van der Waals surface area contributed by atoms with Gasteiger partial charge in [-0.15, -0.1) is 0 Å². The van der Waals surface area contributed by atoms with Crippen LogP contribution in [0.15, 0.2) is 6.07 Å². The standard InChI is InChI=1S/C15H29N2/c1-10(2)16(11(3)4)14-9-15(14)17(12(5)6)13(7)8/h9-13H,1-8H3/q+1. The zero-order valence-corrected chi connectivity index (χ0v) is 12.8. The van der Waals surface area contributed by atoms with E-state index in [-0.39, 0.29) is 0 Å². The summed E-state index contributed by atoms with van der Waals surface area (Å²) in [7, 11) is 0. The van der Waals surface area contributed by atoms with Crippen molar-refractivity contribution in [1.29, 1.82) is 0 Å². The Morgan fingerprint density at radius 2 is 1.24 bits per heavy atom. The summed E-state index contributed by atoms with van der Waals surface area (Å²) in [6, 6.07) is 4.61. The summed E-state index contributed by atoms with van der Waals surface area (Å²) in [5, 5.41) is 1.44. The van der Waals surface area contributed by atoms with Crippen LogP contribution in [0.25, 0.3) is 0 Å². The van der Waals surface area contributed by atoms with Gasteiger partial charge >= 0.3 is 0 Å². The molecule has 1 aromatic carbocycles. The molecule has 0 aliphatic heterocycles. The highest BCUT2D eigenvalue weighted by Crippen LogP contribution is 2.20. The van der Waals surface area contributed by atoms with Gasteiger partial charge in [0.25, 0.3) is 0 Å². The average Bonchev–Trinajstić information content (AvgIpc) is 2.81. The van der Waals surface area contributed by atoms with Crippen LogP contribution in [0.3, 0.4) is 0 Å². The summed E-state index contributed by atoms with van der Waals surface area (Å²) in [5.41, 5.74) is 1.44. The maximum absolute atomic E-state index is 2.51. The van der Waals surface area contributed by atoms with E-state index >= 15 is 0 Å². The molecule has 0 atom stereocenters. The molecule has 0 fully saturated rings. The first-order valence-electron chi connectivity index (χ1n) is 6.93. The normalized spacial score (nSPS) is 12.5. The van der Waals surface area contributed by atoms with Crippen molar-refractivity contribution < 1.29 is 0 Å². The molecule has 2 heteroatoms. The second-order valence-electron chi connectivity index (χ2n) is 6.10. The quantitative estimate of drug-likeness (QED) is 0.714. The molecule has 0 N–H and O–H groups in total. The third kappa shape index (κ3) is 3.11. The fourth-order valence-electron chi connectivity index (χ4n) is 2.81. The van der Waals surface area contributed by atoms with Gasteiger partial charge < -0.3 is 4.90 Å². The SMILES string of the molecule is CC(C)N(c1cc1=[N+](C(C)C)C(C)C)C(C)C. The van der Waals surface area contributed by atoms with E-state index in [0.29, 0.717) is 24.2 Å². The van der Waals surface area contributed by atoms with Gasteiger partial charge in [-0.25, -0.2) is 4.58 Å². The highest BCUT2D eigenvalue weighted by Gasteiger charge is 2.29. The van der Waals surface area contributed by atoms with Crippen LogP contribution >= 0.6 is 0 Å². The van der Waals surface area contributed by atoms with E-state index in [1.54, 1.807) is 0 Å². The van der Waals surface area contributed by atoms with Crippen molar-refractivity contribution in [3.63, 3.8) is 0 Å². The molecule has 17 heavy (non-hydrogen) atoms. The Kier molecular flexibility index (Phi) is 4.40. The first-order valence-corrected chi connectivity index (χ1v) is 6.93. The summed E-state index contributed by atoms with van der Waals surface area (Å²) < 4.78 is 2.51. The van der Waals surface area contributed by atoms with Crippen LogP contribution in [0.2, 0.25) is 0 Å². The van der Waals surface area contributed by atoms with Crippen molar-refractivity contribution in [3.8, 4) is 0 Å². The Balaban J connectivity index is 3.10. The van der Waals surface area contributed by atoms with Crippen molar-refractivity contribution in [2.45, 2.75) is 79.6 Å². The number of rotatable bonds is 5. The lowest BCUT2D eigenvalue weighted by Gasteiger charge is -2.29. The summed E-state index contributed by atoms with van der Waals surface area (Å²) in [6.07, 6.45) is 0. The minimum Gasteiger partial charge on any atom is -0.361 e. The zero-order chi connectivity index (χ0) is 13.3. The molecule has 0 unspecified atom stereocenters. The average molecular weight is 237 g/mol. The first kappa shape index (κ1) is 14.3. The molecule has 0 bridgehead atoms. The Bertz CT molecular complexity index is 358. The monoisotopic (exact) mass is 237 g/mol. The van der Waals surface area contributed by atoms with E-state index in [9.17, 15) is 0 Å². The van der Waals surface area contributed by atoms with Crippen LogP contribution in [-0.2, 0) is 0 Å². The van der Waals surface area contributed by atoms with Gasteiger partial charge in [-0.05, 0) is 55.4 Å². The van der Waals surface area contributed by atoms with Crippen LogP contribution < -0.4 is 14.8 Å².